The first-order chi connectivity index (χ1) is 6.14. The molecule has 72 valence electrons. The summed E-state index contributed by atoms with van der Waals surface area (Å²) in [4.78, 5) is 8.77. The summed E-state index contributed by atoms with van der Waals surface area (Å²) < 4.78 is 19.0. The highest BCUT2D eigenvalue weighted by atomic mass is 31.2. The molecule has 1 aromatic rings. The number of nitrogens with two attached hydrogens (primary N) is 1. The third kappa shape index (κ3) is 3.67. The summed E-state index contributed by atoms with van der Waals surface area (Å²) >= 11 is 0. The average molecular weight is 203 g/mol. The van der Waals surface area contributed by atoms with Gasteiger partial charge in [-0.3, -0.25) is 4.52 Å². The summed E-state index contributed by atoms with van der Waals surface area (Å²) in [6, 6.07) is 8.95. The molecule has 13 heavy (non-hydrogen) atoms. The second-order valence-electron chi connectivity index (χ2n) is 2.33. The van der Waals surface area contributed by atoms with E-state index in [2.05, 4.69) is 15.0 Å². The highest BCUT2D eigenvalue weighted by Crippen LogP contribution is 2.41. The molecular formula is C7H10NO4P. The molecule has 1 atom stereocenters. The van der Waals surface area contributed by atoms with Crippen molar-refractivity contribution in [1.29, 1.82) is 0 Å². The first-order valence-corrected chi connectivity index (χ1v) is 5.03. The third-order valence-corrected chi connectivity index (χ3v) is 2.09. The Morgan fingerprint density at radius 2 is 2.00 bits per heavy atom. The van der Waals surface area contributed by atoms with E-state index in [-0.39, 0.29) is 6.61 Å². The lowest BCUT2D eigenvalue weighted by atomic mass is 10.2. The molecule has 0 amide bonds. The Kier molecular flexibility index (Phi) is 3.59. The Balaban J connectivity index is 2.49. The summed E-state index contributed by atoms with van der Waals surface area (Å²) in [6.07, 6.45) is 0. The lowest BCUT2D eigenvalue weighted by molar-refractivity contribution is 0.145. The number of hydrogen-bond acceptors (Lipinski definition) is 4. The van der Waals surface area contributed by atoms with Crippen LogP contribution in [0.25, 0.3) is 0 Å². The minimum atomic E-state index is -4.06. The zero-order valence-corrected chi connectivity index (χ0v) is 7.68. The van der Waals surface area contributed by atoms with E-state index in [1.54, 1.807) is 24.3 Å². The Hall–Kier alpha value is -0.710. The van der Waals surface area contributed by atoms with Crippen LogP contribution in [0.2, 0.25) is 0 Å². The highest BCUT2D eigenvalue weighted by molar-refractivity contribution is 7.47. The van der Waals surface area contributed by atoms with Crippen LogP contribution >= 0.6 is 7.82 Å². The number of phosphoric ester groups is 1. The molecule has 0 saturated carbocycles. The molecule has 0 aliphatic rings. The van der Waals surface area contributed by atoms with Crippen molar-refractivity contribution in [2.24, 2.45) is 5.90 Å². The van der Waals surface area contributed by atoms with E-state index in [0.717, 1.165) is 5.56 Å². The Morgan fingerprint density at radius 3 is 2.54 bits per heavy atom. The number of rotatable bonds is 4. The fourth-order valence-corrected chi connectivity index (χ4v) is 1.13. The molecule has 6 heteroatoms. The van der Waals surface area contributed by atoms with E-state index in [1.165, 1.54) is 0 Å². The van der Waals surface area contributed by atoms with Gasteiger partial charge in [0.05, 0.1) is 6.61 Å². The second-order valence-corrected chi connectivity index (χ2v) is 3.74. The van der Waals surface area contributed by atoms with Gasteiger partial charge in [0.15, 0.2) is 0 Å². The molecule has 0 aliphatic heterocycles. The van der Waals surface area contributed by atoms with Gasteiger partial charge in [0.25, 0.3) is 0 Å². The van der Waals surface area contributed by atoms with Gasteiger partial charge in [0, 0.05) is 0 Å². The molecule has 0 aromatic heterocycles. The van der Waals surface area contributed by atoms with Crippen LogP contribution in [0.1, 0.15) is 5.56 Å². The minimum Gasteiger partial charge on any atom is -0.301 e. The summed E-state index contributed by atoms with van der Waals surface area (Å²) in [7, 11) is -4.06. The van der Waals surface area contributed by atoms with Crippen LogP contribution in [-0.4, -0.2) is 4.89 Å². The van der Waals surface area contributed by atoms with Crippen molar-refractivity contribution < 1.29 is 18.6 Å². The molecule has 1 unspecified atom stereocenters. The molecule has 0 bridgehead atoms. The van der Waals surface area contributed by atoms with Gasteiger partial charge < -0.3 is 4.89 Å². The van der Waals surface area contributed by atoms with Crippen LogP contribution < -0.4 is 5.90 Å². The summed E-state index contributed by atoms with van der Waals surface area (Å²) in [5, 5.41) is 0. The molecule has 5 nitrogen and oxygen atoms in total. The first kappa shape index (κ1) is 10.4. The van der Waals surface area contributed by atoms with Crippen LogP contribution in [0, 0.1) is 0 Å². The second kappa shape index (κ2) is 4.50. The Bertz CT molecular complexity index is 303. The highest BCUT2D eigenvalue weighted by Gasteiger charge is 2.18. The standard InChI is InChI=1S/C7H10NO4P/c8-12-13(9,10)11-6-7-4-2-1-3-5-7/h1-5H,6,8H2,(H,9,10). The van der Waals surface area contributed by atoms with Gasteiger partial charge in [-0.05, 0) is 5.56 Å². The largest absolute Gasteiger partial charge is 0.488 e. The van der Waals surface area contributed by atoms with Crippen molar-refractivity contribution in [2.75, 3.05) is 0 Å². The van der Waals surface area contributed by atoms with Gasteiger partial charge in [0.2, 0.25) is 0 Å². The normalized spacial score (nSPS) is 15.2. The molecular weight excluding hydrogens is 193 g/mol. The maximum absolute atomic E-state index is 10.7. The predicted molar refractivity (Wildman–Crippen MR) is 46.3 cm³/mol. The van der Waals surface area contributed by atoms with Crippen LogP contribution in [-0.2, 0) is 20.3 Å². The molecule has 0 saturated heterocycles. The predicted octanol–water partition coefficient (Wildman–Crippen LogP) is 1.19. The monoisotopic (exact) mass is 203 g/mol. The number of phosphoric acid groups is 1. The van der Waals surface area contributed by atoms with Crippen molar-refractivity contribution in [3.63, 3.8) is 0 Å². The lowest BCUT2D eigenvalue weighted by Crippen LogP contribution is -2.00. The fourth-order valence-electron chi connectivity index (χ4n) is 0.761. The van der Waals surface area contributed by atoms with E-state index >= 15 is 0 Å². The molecule has 3 N–H and O–H groups in total. The Labute approximate surface area is 75.7 Å². The lowest BCUT2D eigenvalue weighted by Gasteiger charge is -2.07. The first-order valence-electron chi connectivity index (χ1n) is 3.54. The maximum atomic E-state index is 10.7. The van der Waals surface area contributed by atoms with E-state index in [9.17, 15) is 4.57 Å². The Morgan fingerprint density at radius 1 is 1.38 bits per heavy atom. The molecule has 1 rings (SSSR count). The van der Waals surface area contributed by atoms with Gasteiger partial charge in [-0.25, -0.2) is 15.1 Å². The van der Waals surface area contributed by atoms with Crippen molar-refractivity contribution in [2.45, 2.75) is 6.61 Å². The smallest absolute Gasteiger partial charge is 0.301 e. The quantitative estimate of drug-likeness (QED) is 0.567. The van der Waals surface area contributed by atoms with Gasteiger partial charge in [-0.15, -0.1) is 0 Å². The van der Waals surface area contributed by atoms with Gasteiger partial charge >= 0.3 is 7.82 Å². The van der Waals surface area contributed by atoms with Gasteiger partial charge in [0.1, 0.15) is 0 Å². The van der Waals surface area contributed by atoms with Crippen LogP contribution in [0.5, 0.6) is 0 Å². The SMILES string of the molecule is NOP(=O)(O)OCc1ccccc1. The summed E-state index contributed by atoms with van der Waals surface area (Å²) in [5.41, 5.74) is 0.772. The molecule has 0 heterocycles. The zero-order chi connectivity index (χ0) is 9.73. The number of hydrogen-bond donors (Lipinski definition) is 2. The minimum absolute atomic E-state index is 0.00812. The van der Waals surface area contributed by atoms with Crippen LogP contribution in [0.4, 0.5) is 0 Å². The summed E-state index contributed by atoms with van der Waals surface area (Å²) in [5.74, 6) is 4.53. The maximum Gasteiger partial charge on any atom is 0.488 e. The summed E-state index contributed by atoms with van der Waals surface area (Å²) in [6.45, 7) is -0.00812. The molecule has 0 radical (unpaired) electrons. The third-order valence-electron chi connectivity index (χ3n) is 1.37. The molecule has 0 fully saturated rings. The van der Waals surface area contributed by atoms with E-state index in [1.807, 2.05) is 6.07 Å². The van der Waals surface area contributed by atoms with E-state index < -0.39 is 7.82 Å². The van der Waals surface area contributed by atoms with Crippen molar-refractivity contribution in [3.05, 3.63) is 35.9 Å². The van der Waals surface area contributed by atoms with E-state index in [0.29, 0.717) is 0 Å². The van der Waals surface area contributed by atoms with Gasteiger partial charge in [-0.2, -0.15) is 0 Å². The average Bonchev–Trinajstić information content (AvgIpc) is 2.17. The van der Waals surface area contributed by atoms with Crippen LogP contribution in [0.3, 0.4) is 0 Å². The molecule has 0 spiro atoms. The zero-order valence-electron chi connectivity index (χ0n) is 6.79. The van der Waals surface area contributed by atoms with Crippen molar-refractivity contribution >= 4 is 7.82 Å². The van der Waals surface area contributed by atoms with Crippen LogP contribution in [0.15, 0.2) is 30.3 Å². The van der Waals surface area contributed by atoms with E-state index in [4.69, 9.17) is 4.89 Å². The fraction of sp³-hybridized carbons (Fsp3) is 0.143. The van der Waals surface area contributed by atoms with Crippen molar-refractivity contribution in [3.8, 4) is 0 Å². The topological polar surface area (TPSA) is 81.8 Å². The van der Waals surface area contributed by atoms with Gasteiger partial charge in [-0.1, -0.05) is 30.3 Å². The van der Waals surface area contributed by atoms with Crippen molar-refractivity contribution in [1.82, 2.24) is 0 Å². The molecule has 0 aliphatic carbocycles. The number of benzene rings is 1. The molecule has 1 aromatic carbocycles.